The molecule has 0 bridgehead atoms. The molecule has 12 aromatic rings. The topological polar surface area (TPSA) is 21.3 Å². The van der Waals surface area contributed by atoms with Gasteiger partial charge in [-0.2, -0.15) is 0 Å². The molecule has 70 heavy (non-hydrogen) atoms. The summed E-state index contributed by atoms with van der Waals surface area (Å²) in [6, 6.07) is 78.2. The second kappa shape index (κ2) is 19.1. The van der Waals surface area contributed by atoms with Crippen molar-refractivity contribution in [2.75, 3.05) is 4.90 Å². The Hall–Kier alpha value is -8.14. The van der Waals surface area contributed by atoms with E-state index in [1.807, 2.05) is 44.2 Å². The van der Waals surface area contributed by atoms with Crippen molar-refractivity contribution in [3.05, 3.63) is 246 Å². The van der Waals surface area contributed by atoms with Crippen molar-refractivity contribution in [2.24, 2.45) is 7.05 Å². The Kier molecular flexibility index (Phi) is 12.4. The molecule has 0 amide bonds. The molecule has 13 rings (SSSR count). The highest BCUT2D eigenvalue weighted by molar-refractivity contribution is 6.13. The minimum absolute atomic E-state index is 0.147. The molecule has 0 atom stereocenters. The second-order valence-electron chi connectivity index (χ2n) is 18.8. The SMILES string of the molecule is CC.Cc1ccc2c(c1)C(C)(C)c1cc(N(c3ccc4oc5ccccc5c4c3)c3ccc4c5ccccc5n(C)c4c3)c3ccccc3c1-2.Cc1cccc(-c2ccccc2)c1.Cc1ccccc1. The van der Waals surface area contributed by atoms with Crippen LogP contribution in [0, 0.1) is 20.8 Å². The molecule has 0 spiro atoms. The van der Waals surface area contributed by atoms with E-state index in [1.54, 1.807) is 0 Å². The Bertz CT molecular complexity index is 3820. The first kappa shape index (κ1) is 45.6. The third-order valence-electron chi connectivity index (χ3n) is 13.9. The highest BCUT2D eigenvalue weighted by Crippen LogP contribution is 2.55. The summed E-state index contributed by atoms with van der Waals surface area (Å²) in [4.78, 5) is 2.46. The van der Waals surface area contributed by atoms with Crippen LogP contribution in [-0.2, 0) is 12.5 Å². The first-order valence-corrected chi connectivity index (χ1v) is 24.6. The molecule has 10 aromatic carbocycles. The summed E-state index contributed by atoms with van der Waals surface area (Å²) in [5.41, 5.74) is 19.5. The van der Waals surface area contributed by atoms with Gasteiger partial charge in [0.15, 0.2) is 0 Å². The van der Waals surface area contributed by atoms with E-state index in [4.69, 9.17) is 4.42 Å². The van der Waals surface area contributed by atoms with Crippen LogP contribution in [0.15, 0.2) is 223 Å². The molecule has 0 radical (unpaired) electrons. The molecule has 2 heterocycles. The average molecular weight is 909 g/mol. The molecular weight excluding hydrogens is 849 g/mol. The zero-order valence-corrected chi connectivity index (χ0v) is 41.6. The molecule has 0 aliphatic heterocycles. The van der Waals surface area contributed by atoms with Crippen molar-refractivity contribution in [2.45, 2.75) is 53.9 Å². The normalized spacial score (nSPS) is 12.1. The van der Waals surface area contributed by atoms with E-state index in [9.17, 15) is 0 Å². The van der Waals surface area contributed by atoms with Crippen molar-refractivity contribution < 1.29 is 4.42 Å². The molecule has 0 saturated heterocycles. The zero-order chi connectivity index (χ0) is 48.5. The number of hydrogen-bond acceptors (Lipinski definition) is 2. The highest BCUT2D eigenvalue weighted by Gasteiger charge is 2.38. The van der Waals surface area contributed by atoms with Gasteiger partial charge in [-0.15, -0.1) is 0 Å². The maximum absolute atomic E-state index is 6.29. The highest BCUT2D eigenvalue weighted by atomic mass is 16.3. The largest absolute Gasteiger partial charge is 0.456 e. The van der Waals surface area contributed by atoms with Crippen LogP contribution in [0.3, 0.4) is 0 Å². The van der Waals surface area contributed by atoms with Gasteiger partial charge in [0, 0.05) is 56.3 Å². The molecule has 0 unspecified atom stereocenters. The van der Waals surface area contributed by atoms with Crippen LogP contribution >= 0.6 is 0 Å². The number of aryl methyl sites for hydroxylation is 4. The number of hydrogen-bond donors (Lipinski definition) is 0. The van der Waals surface area contributed by atoms with Crippen LogP contribution in [0.1, 0.15) is 55.5 Å². The smallest absolute Gasteiger partial charge is 0.135 e. The number of furan rings is 1. The lowest BCUT2D eigenvalue weighted by Crippen LogP contribution is -2.17. The molecule has 0 N–H and O–H groups in total. The van der Waals surface area contributed by atoms with E-state index < -0.39 is 0 Å². The van der Waals surface area contributed by atoms with E-state index in [0.717, 1.165) is 33.3 Å². The van der Waals surface area contributed by atoms with E-state index in [0.29, 0.717) is 0 Å². The van der Waals surface area contributed by atoms with E-state index in [-0.39, 0.29) is 5.41 Å². The summed E-state index contributed by atoms with van der Waals surface area (Å²) in [6.07, 6.45) is 0. The molecule has 1 aliphatic rings. The van der Waals surface area contributed by atoms with Crippen LogP contribution in [0.25, 0.3) is 76.8 Å². The summed E-state index contributed by atoms with van der Waals surface area (Å²) < 4.78 is 8.61. The lowest BCUT2D eigenvalue weighted by molar-refractivity contribution is 0.660. The summed E-state index contributed by atoms with van der Waals surface area (Å²) in [5, 5.41) is 7.30. The third kappa shape index (κ3) is 8.32. The van der Waals surface area contributed by atoms with Crippen molar-refractivity contribution in [3.63, 3.8) is 0 Å². The third-order valence-corrected chi connectivity index (χ3v) is 13.9. The number of fused-ring (bicyclic) bond motifs is 11. The van der Waals surface area contributed by atoms with Crippen LogP contribution in [0.4, 0.5) is 17.1 Å². The monoisotopic (exact) mass is 908 g/mol. The van der Waals surface area contributed by atoms with Gasteiger partial charge in [0.05, 0.1) is 11.2 Å². The number of nitrogens with zero attached hydrogens (tertiary/aromatic N) is 2. The van der Waals surface area contributed by atoms with Crippen molar-refractivity contribution in [1.29, 1.82) is 0 Å². The fraction of sp³-hybridized carbons (Fsp3) is 0.134. The quantitative estimate of drug-likeness (QED) is 0.175. The van der Waals surface area contributed by atoms with Crippen LogP contribution in [0.2, 0.25) is 0 Å². The predicted octanol–water partition coefficient (Wildman–Crippen LogP) is 19.2. The summed E-state index contributed by atoms with van der Waals surface area (Å²) >= 11 is 0. The predicted molar refractivity (Wildman–Crippen MR) is 301 cm³/mol. The molecule has 1 aliphatic carbocycles. The Labute approximate surface area is 412 Å². The standard InChI is InChI=1S/C45H34N2O.C13H12.C7H8.C2H6/c1-27-17-20-35-37(23-27)45(2,3)38-26-41(31-12-5-6-14-34(31)44(35)38)47(28-19-22-43-36(24-28)33-13-8-10-16-42(33)48-43)29-18-21-32-30-11-7-9-15-39(30)46(4)40(32)25-29;1-11-6-5-9-13(10-11)12-7-3-2-4-8-12;1-7-5-3-2-4-6-7;1-2/h5-26H,1-4H3;2-10H,1H3;2-6H,1H3;1-2H3. The van der Waals surface area contributed by atoms with Crippen LogP contribution < -0.4 is 4.90 Å². The van der Waals surface area contributed by atoms with Crippen LogP contribution in [0.5, 0.6) is 0 Å². The van der Waals surface area contributed by atoms with Gasteiger partial charge in [-0.25, -0.2) is 0 Å². The van der Waals surface area contributed by atoms with Gasteiger partial charge in [0.1, 0.15) is 11.2 Å². The zero-order valence-electron chi connectivity index (χ0n) is 41.6. The molecule has 344 valence electrons. The Morgan fingerprint density at radius 3 is 1.70 bits per heavy atom. The maximum atomic E-state index is 6.29. The Morgan fingerprint density at radius 1 is 0.400 bits per heavy atom. The lowest BCUT2D eigenvalue weighted by Gasteiger charge is -2.30. The number of para-hydroxylation sites is 2. The minimum atomic E-state index is -0.147. The number of aromatic nitrogens is 1. The summed E-state index contributed by atoms with van der Waals surface area (Å²) in [6.45, 7) is 15.2. The molecule has 0 fully saturated rings. The molecule has 3 nitrogen and oxygen atoms in total. The van der Waals surface area contributed by atoms with E-state index in [2.05, 4.69) is 239 Å². The van der Waals surface area contributed by atoms with Gasteiger partial charge in [-0.1, -0.05) is 214 Å². The van der Waals surface area contributed by atoms with Gasteiger partial charge in [-0.3, -0.25) is 0 Å². The van der Waals surface area contributed by atoms with Crippen molar-refractivity contribution in [1.82, 2.24) is 4.57 Å². The fourth-order valence-corrected chi connectivity index (χ4v) is 10.4. The first-order valence-electron chi connectivity index (χ1n) is 24.6. The fourth-order valence-electron chi connectivity index (χ4n) is 10.4. The lowest BCUT2D eigenvalue weighted by atomic mass is 9.81. The van der Waals surface area contributed by atoms with E-state index >= 15 is 0 Å². The number of anilines is 3. The molecule has 2 aromatic heterocycles. The Morgan fingerprint density at radius 2 is 0.971 bits per heavy atom. The first-order chi connectivity index (χ1) is 34.1. The molecule has 3 heteroatoms. The van der Waals surface area contributed by atoms with Crippen molar-refractivity contribution in [3.8, 4) is 22.3 Å². The maximum Gasteiger partial charge on any atom is 0.135 e. The van der Waals surface area contributed by atoms with Gasteiger partial charge < -0.3 is 13.9 Å². The van der Waals surface area contributed by atoms with E-state index in [1.165, 1.54) is 88.3 Å². The van der Waals surface area contributed by atoms with Crippen molar-refractivity contribution >= 4 is 71.6 Å². The van der Waals surface area contributed by atoms with Gasteiger partial charge >= 0.3 is 0 Å². The van der Waals surface area contributed by atoms with Gasteiger partial charge in [-0.05, 0) is 108 Å². The average Bonchev–Trinajstić information content (AvgIpc) is 3.99. The number of rotatable bonds is 4. The van der Waals surface area contributed by atoms with Gasteiger partial charge in [0.25, 0.3) is 0 Å². The molecule has 0 saturated carbocycles. The minimum Gasteiger partial charge on any atom is -0.456 e. The summed E-state index contributed by atoms with van der Waals surface area (Å²) in [7, 11) is 2.18. The summed E-state index contributed by atoms with van der Waals surface area (Å²) in [5.74, 6) is 0. The molecular formula is C67H60N2O. The second-order valence-corrected chi connectivity index (χ2v) is 18.8. The van der Waals surface area contributed by atoms with Gasteiger partial charge in [0.2, 0.25) is 0 Å². The Balaban J connectivity index is 0.000000213. The van der Waals surface area contributed by atoms with Crippen LogP contribution in [-0.4, -0.2) is 4.57 Å². The number of benzene rings is 10.